The van der Waals surface area contributed by atoms with Crippen molar-refractivity contribution < 1.29 is 19.1 Å². The summed E-state index contributed by atoms with van der Waals surface area (Å²) in [6.07, 6.45) is 2.38. The molecule has 2 aliphatic rings. The fourth-order valence-corrected chi connectivity index (χ4v) is 4.48. The van der Waals surface area contributed by atoms with Gasteiger partial charge >= 0.3 is 12.0 Å². The summed E-state index contributed by atoms with van der Waals surface area (Å²) in [5.74, 6) is 0.0688. The Kier molecular flexibility index (Phi) is 9.02. The van der Waals surface area contributed by atoms with E-state index in [1.54, 1.807) is 23.1 Å². The first kappa shape index (κ1) is 24.6. The second kappa shape index (κ2) is 11.7. The number of nitrogens with zero attached hydrogens (tertiary/aromatic N) is 3. The third-order valence-electron chi connectivity index (χ3n) is 5.99. The SMILES string of the molecule is COC(=O)CCC(=O)N1CCC[C@@H](CN2CCN(C(=O)Nc3ccc(Cl)c(Cl)c3)CC2)C1. The monoisotopic (exact) mass is 484 g/mol. The van der Waals surface area contributed by atoms with Gasteiger partial charge in [-0.3, -0.25) is 14.5 Å². The summed E-state index contributed by atoms with van der Waals surface area (Å²) in [5.41, 5.74) is 0.617. The van der Waals surface area contributed by atoms with Crippen molar-refractivity contribution in [3.63, 3.8) is 0 Å². The Morgan fingerprint density at radius 3 is 2.47 bits per heavy atom. The van der Waals surface area contributed by atoms with Gasteiger partial charge in [-0.15, -0.1) is 0 Å². The van der Waals surface area contributed by atoms with E-state index < -0.39 is 0 Å². The predicted octanol–water partition coefficient (Wildman–Crippen LogP) is 3.33. The number of esters is 1. The van der Waals surface area contributed by atoms with E-state index in [1.807, 2.05) is 4.90 Å². The molecule has 3 rings (SSSR count). The molecule has 2 aliphatic heterocycles. The summed E-state index contributed by atoms with van der Waals surface area (Å²) in [5, 5.41) is 3.72. The number of urea groups is 1. The maximum Gasteiger partial charge on any atom is 0.321 e. The number of amides is 3. The van der Waals surface area contributed by atoms with Crippen LogP contribution in [0.3, 0.4) is 0 Å². The lowest BCUT2D eigenvalue weighted by Crippen LogP contribution is -2.52. The second-order valence-electron chi connectivity index (χ2n) is 8.27. The van der Waals surface area contributed by atoms with E-state index in [0.29, 0.717) is 34.7 Å². The predicted molar refractivity (Wildman–Crippen MR) is 124 cm³/mol. The highest BCUT2D eigenvalue weighted by atomic mass is 35.5. The number of hydrogen-bond acceptors (Lipinski definition) is 5. The number of piperazine rings is 1. The number of hydrogen-bond donors (Lipinski definition) is 1. The molecular formula is C22H30Cl2N4O4. The van der Waals surface area contributed by atoms with Crippen molar-refractivity contribution >= 4 is 46.8 Å². The summed E-state index contributed by atoms with van der Waals surface area (Å²) >= 11 is 11.9. The van der Waals surface area contributed by atoms with Gasteiger partial charge in [0.2, 0.25) is 5.91 Å². The first-order valence-electron chi connectivity index (χ1n) is 10.9. The molecule has 0 saturated carbocycles. The van der Waals surface area contributed by atoms with Gasteiger partial charge in [-0.2, -0.15) is 0 Å². The largest absolute Gasteiger partial charge is 0.469 e. The molecule has 10 heteroatoms. The standard InChI is InChI=1S/C22H30Cl2N4O4/c1-32-21(30)7-6-20(29)28-8-2-3-16(15-28)14-26-9-11-27(12-10-26)22(31)25-17-4-5-18(23)19(24)13-17/h4-5,13,16H,2-3,6-12,14-15H2,1H3,(H,25,31)/t16-/m0/s1. The van der Waals surface area contributed by atoms with Crippen LogP contribution < -0.4 is 5.32 Å². The summed E-state index contributed by atoms with van der Waals surface area (Å²) in [6, 6.07) is 4.87. The minimum atomic E-state index is -0.354. The molecule has 0 unspecified atom stereocenters. The molecule has 1 aromatic carbocycles. The van der Waals surface area contributed by atoms with Gasteiger partial charge in [-0.25, -0.2) is 4.79 Å². The third kappa shape index (κ3) is 6.98. The van der Waals surface area contributed by atoms with Crippen molar-refractivity contribution in [2.75, 3.05) is 58.2 Å². The lowest BCUT2D eigenvalue weighted by molar-refractivity contribution is -0.144. The molecule has 0 bridgehead atoms. The van der Waals surface area contributed by atoms with E-state index in [2.05, 4.69) is 15.0 Å². The Balaban J connectivity index is 1.41. The van der Waals surface area contributed by atoms with Crippen LogP contribution in [-0.4, -0.2) is 85.5 Å². The molecule has 2 fully saturated rings. The van der Waals surface area contributed by atoms with Crippen molar-refractivity contribution in [2.45, 2.75) is 25.7 Å². The Hall–Kier alpha value is -2.03. The zero-order chi connectivity index (χ0) is 23.1. The first-order chi connectivity index (χ1) is 15.4. The van der Waals surface area contributed by atoms with E-state index in [1.165, 1.54) is 7.11 Å². The number of methoxy groups -OCH3 is 1. The number of ether oxygens (including phenoxy) is 1. The number of nitrogens with one attached hydrogen (secondary N) is 1. The molecule has 0 spiro atoms. The van der Waals surface area contributed by atoms with Gasteiger partial charge in [0.25, 0.3) is 0 Å². The number of rotatable bonds is 6. The van der Waals surface area contributed by atoms with Gasteiger partial charge in [0.05, 0.1) is 23.6 Å². The van der Waals surface area contributed by atoms with Crippen LogP contribution >= 0.6 is 23.2 Å². The van der Waals surface area contributed by atoms with Gasteiger partial charge < -0.3 is 19.9 Å². The van der Waals surface area contributed by atoms with Crippen LogP contribution in [0.25, 0.3) is 0 Å². The van der Waals surface area contributed by atoms with Crippen LogP contribution in [0.5, 0.6) is 0 Å². The summed E-state index contributed by atoms with van der Waals surface area (Å²) < 4.78 is 4.62. The zero-order valence-corrected chi connectivity index (χ0v) is 19.8. The van der Waals surface area contributed by atoms with Crippen molar-refractivity contribution in [1.82, 2.24) is 14.7 Å². The van der Waals surface area contributed by atoms with Crippen LogP contribution in [0.1, 0.15) is 25.7 Å². The lowest BCUT2D eigenvalue weighted by Gasteiger charge is -2.39. The topological polar surface area (TPSA) is 82.2 Å². The highest BCUT2D eigenvalue weighted by molar-refractivity contribution is 6.42. The molecule has 8 nitrogen and oxygen atoms in total. The highest BCUT2D eigenvalue weighted by Gasteiger charge is 2.28. The molecule has 0 aliphatic carbocycles. The summed E-state index contributed by atoms with van der Waals surface area (Å²) in [6.45, 7) is 5.24. The molecule has 2 saturated heterocycles. The molecule has 176 valence electrons. The van der Waals surface area contributed by atoms with E-state index in [4.69, 9.17) is 23.2 Å². The number of carbonyl (C=O) groups excluding carboxylic acids is 3. The van der Waals surface area contributed by atoms with Gasteiger partial charge in [0, 0.05) is 57.9 Å². The van der Waals surface area contributed by atoms with Crippen molar-refractivity contribution in [1.29, 1.82) is 0 Å². The van der Waals surface area contributed by atoms with Crippen molar-refractivity contribution in [3.05, 3.63) is 28.2 Å². The van der Waals surface area contributed by atoms with Crippen LogP contribution in [0.15, 0.2) is 18.2 Å². The number of likely N-dealkylation sites (tertiary alicyclic amines) is 1. The average molecular weight is 485 g/mol. The summed E-state index contributed by atoms with van der Waals surface area (Å²) in [7, 11) is 1.33. The zero-order valence-electron chi connectivity index (χ0n) is 18.3. The highest BCUT2D eigenvalue weighted by Crippen LogP contribution is 2.25. The molecule has 2 heterocycles. The number of carbonyl (C=O) groups is 3. The van der Waals surface area contributed by atoms with E-state index in [-0.39, 0.29) is 30.7 Å². The number of piperidine rings is 1. The van der Waals surface area contributed by atoms with E-state index >= 15 is 0 Å². The molecular weight excluding hydrogens is 455 g/mol. The molecule has 0 aromatic heterocycles. The molecule has 1 N–H and O–H groups in total. The Bertz CT molecular complexity index is 830. The third-order valence-corrected chi connectivity index (χ3v) is 6.73. The lowest BCUT2D eigenvalue weighted by atomic mass is 9.96. The molecule has 0 radical (unpaired) electrons. The maximum atomic E-state index is 12.6. The van der Waals surface area contributed by atoms with Gasteiger partial charge in [0.15, 0.2) is 0 Å². The Labute approximate surface area is 198 Å². The maximum absolute atomic E-state index is 12.6. The van der Waals surface area contributed by atoms with Gasteiger partial charge in [-0.1, -0.05) is 23.2 Å². The molecule has 1 aromatic rings. The Morgan fingerprint density at radius 1 is 1.03 bits per heavy atom. The molecule has 32 heavy (non-hydrogen) atoms. The normalized spacial score (nSPS) is 19.5. The fourth-order valence-electron chi connectivity index (χ4n) is 4.18. The number of benzene rings is 1. The first-order valence-corrected chi connectivity index (χ1v) is 11.7. The molecule has 3 amide bonds. The average Bonchev–Trinajstić information content (AvgIpc) is 2.80. The minimum absolute atomic E-state index is 0.0175. The second-order valence-corrected chi connectivity index (χ2v) is 9.09. The van der Waals surface area contributed by atoms with Crippen molar-refractivity contribution in [3.8, 4) is 0 Å². The van der Waals surface area contributed by atoms with Crippen molar-refractivity contribution in [2.24, 2.45) is 5.92 Å². The smallest absolute Gasteiger partial charge is 0.321 e. The molecule has 1 atom stereocenters. The Morgan fingerprint density at radius 2 is 1.78 bits per heavy atom. The van der Waals surface area contributed by atoms with Crippen LogP contribution in [0, 0.1) is 5.92 Å². The number of anilines is 1. The fraction of sp³-hybridized carbons (Fsp3) is 0.591. The minimum Gasteiger partial charge on any atom is -0.469 e. The van der Waals surface area contributed by atoms with Crippen LogP contribution in [0.4, 0.5) is 10.5 Å². The number of halogens is 2. The van der Waals surface area contributed by atoms with Crippen LogP contribution in [0.2, 0.25) is 10.0 Å². The van der Waals surface area contributed by atoms with E-state index in [9.17, 15) is 14.4 Å². The van der Waals surface area contributed by atoms with Gasteiger partial charge in [-0.05, 0) is 37.0 Å². The quantitative estimate of drug-likeness (QED) is 0.626. The van der Waals surface area contributed by atoms with Gasteiger partial charge in [0.1, 0.15) is 0 Å². The summed E-state index contributed by atoms with van der Waals surface area (Å²) in [4.78, 5) is 42.3. The van der Waals surface area contributed by atoms with E-state index in [0.717, 1.165) is 45.6 Å². The van der Waals surface area contributed by atoms with Crippen LogP contribution in [-0.2, 0) is 14.3 Å².